The SMILES string of the molecule is COc1ccc(Cn2nnnc2SCc2nnc(-c3ccc(C)cc3)o2)cc1. The minimum absolute atomic E-state index is 0.488. The molecule has 0 aliphatic heterocycles. The zero-order valence-electron chi connectivity index (χ0n) is 15.4. The molecule has 0 radical (unpaired) electrons. The standard InChI is InChI=1S/C19H18N6O2S/c1-13-3-7-15(8-4-13)18-21-20-17(27-18)12-28-19-22-23-24-25(19)11-14-5-9-16(26-2)10-6-14/h3-10H,11-12H2,1-2H3. The molecule has 0 aliphatic rings. The Kier molecular flexibility index (Phi) is 5.34. The highest BCUT2D eigenvalue weighted by atomic mass is 32.2. The topological polar surface area (TPSA) is 91.8 Å². The van der Waals surface area contributed by atoms with Crippen molar-refractivity contribution >= 4 is 11.8 Å². The normalized spacial score (nSPS) is 10.9. The highest BCUT2D eigenvalue weighted by Crippen LogP contribution is 2.23. The first-order chi connectivity index (χ1) is 13.7. The Morgan fingerprint density at radius 1 is 1.00 bits per heavy atom. The lowest BCUT2D eigenvalue weighted by Crippen LogP contribution is -2.04. The van der Waals surface area contributed by atoms with Gasteiger partial charge in [0.25, 0.3) is 0 Å². The monoisotopic (exact) mass is 394 g/mol. The van der Waals surface area contributed by atoms with Crippen LogP contribution in [0.4, 0.5) is 0 Å². The molecule has 2 aromatic heterocycles. The number of methoxy groups -OCH3 is 1. The van der Waals surface area contributed by atoms with E-state index in [4.69, 9.17) is 9.15 Å². The van der Waals surface area contributed by atoms with Crippen molar-refractivity contribution in [3.8, 4) is 17.2 Å². The predicted molar refractivity (Wildman–Crippen MR) is 104 cm³/mol. The lowest BCUT2D eigenvalue weighted by atomic mass is 10.1. The van der Waals surface area contributed by atoms with Gasteiger partial charge in [-0.25, -0.2) is 4.68 Å². The largest absolute Gasteiger partial charge is 0.497 e. The van der Waals surface area contributed by atoms with E-state index in [1.807, 2.05) is 55.5 Å². The van der Waals surface area contributed by atoms with Gasteiger partial charge in [-0.3, -0.25) is 0 Å². The van der Waals surface area contributed by atoms with E-state index in [9.17, 15) is 0 Å². The van der Waals surface area contributed by atoms with Gasteiger partial charge in [0.15, 0.2) is 0 Å². The highest BCUT2D eigenvalue weighted by Gasteiger charge is 2.12. The van der Waals surface area contributed by atoms with E-state index in [0.717, 1.165) is 16.9 Å². The number of tetrazole rings is 1. The van der Waals surface area contributed by atoms with Crippen LogP contribution in [-0.4, -0.2) is 37.5 Å². The van der Waals surface area contributed by atoms with Gasteiger partial charge in [0.1, 0.15) is 5.75 Å². The summed E-state index contributed by atoms with van der Waals surface area (Å²) in [6.45, 7) is 2.60. The molecule has 2 aromatic carbocycles. The van der Waals surface area contributed by atoms with Crippen LogP contribution in [0.3, 0.4) is 0 Å². The Morgan fingerprint density at radius 2 is 1.79 bits per heavy atom. The van der Waals surface area contributed by atoms with Crippen molar-refractivity contribution in [1.82, 2.24) is 30.4 Å². The molecule has 142 valence electrons. The van der Waals surface area contributed by atoms with E-state index in [1.54, 1.807) is 11.8 Å². The van der Waals surface area contributed by atoms with Crippen molar-refractivity contribution in [1.29, 1.82) is 0 Å². The molecule has 4 rings (SSSR count). The molecule has 0 N–H and O–H groups in total. The molecule has 0 aliphatic carbocycles. The number of hydrogen-bond acceptors (Lipinski definition) is 8. The van der Waals surface area contributed by atoms with E-state index in [-0.39, 0.29) is 0 Å². The van der Waals surface area contributed by atoms with E-state index in [1.165, 1.54) is 17.3 Å². The number of benzene rings is 2. The molecule has 2 heterocycles. The summed E-state index contributed by atoms with van der Waals surface area (Å²) in [7, 11) is 1.65. The van der Waals surface area contributed by atoms with Crippen LogP contribution in [0.15, 0.2) is 58.1 Å². The minimum atomic E-state index is 0.488. The molecule has 0 amide bonds. The Hall–Kier alpha value is -3.20. The van der Waals surface area contributed by atoms with Gasteiger partial charge in [-0.15, -0.1) is 15.3 Å². The second-order valence-electron chi connectivity index (χ2n) is 6.12. The van der Waals surface area contributed by atoms with Crippen LogP contribution in [-0.2, 0) is 12.3 Å². The molecule has 8 nitrogen and oxygen atoms in total. The molecule has 9 heteroatoms. The number of aryl methyl sites for hydroxylation is 1. The molecule has 0 saturated heterocycles. The van der Waals surface area contributed by atoms with Crippen LogP contribution in [0.1, 0.15) is 17.0 Å². The number of aromatic nitrogens is 6. The van der Waals surface area contributed by atoms with Gasteiger partial charge in [-0.1, -0.05) is 41.6 Å². The lowest BCUT2D eigenvalue weighted by Gasteiger charge is -2.05. The quantitative estimate of drug-likeness (QED) is 0.441. The maximum atomic E-state index is 5.76. The molecule has 0 bridgehead atoms. The highest BCUT2D eigenvalue weighted by molar-refractivity contribution is 7.98. The lowest BCUT2D eigenvalue weighted by molar-refractivity contribution is 0.414. The summed E-state index contributed by atoms with van der Waals surface area (Å²) in [5.74, 6) is 2.34. The van der Waals surface area contributed by atoms with Gasteiger partial charge in [-0.05, 0) is 47.2 Å². The fourth-order valence-corrected chi connectivity index (χ4v) is 3.27. The molecular formula is C19H18N6O2S. The first kappa shape index (κ1) is 18.2. The molecule has 0 fully saturated rings. The molecule has 28 heavy (non-hydrogen) atoms. The number of nitrogens with zero attached hydrogens (tertiary/aromatic N) is 6. The third-order valence-corrected chi connectivity index (χ3v) is 5.02. The zero-order chi connectivity index (χ0) is 19.3. The van der Waals surface area contributed by atoms with E-state index < -0.39 is 0 Å². The van der Waals surface area contributed by atoms with E-state index in [2.05, 4.69) is 25.7 Å². The minimum Gasteiger partial charge on any atom is -0.497 e. The predicted octanol–water partition coefficient (Wildman–Crippen LogP) is 3.38. The summed E-state index contributed by atoms with van der Waals surface area (Å²) >= 11 is 1.45. The molecule has 0 unspecified atom stereocenters. The zero-order valence-corrected chi connectivity index (χ0v) is 16.3. The van der Waals surface area contributed by atoms with Crippen molar-refractivity contribution in [3.05, 3.63) is 65.5 Å². The maximum Gasteiger partial charge on any atom is 0.247 e. The van der Waals surface area contributed by atoms with Gasteiger partial charge in [0, 0.05) is 5.56 Å². The Bertz CT molecular complexity index is 1040. The van der Waals surface area contributed by atoms with E-state index >= 15 is 0 Å². The summed E-state index contributed by atoms with van der Waals surface area (Å²) in [5, 5.41) is 20.9. The van der Waals surface area contributed by atoms with Crippen LogP contribution in [0.25, 0.3) is 11.5 Å². The van der Waals surface area contributed by atoms with Gasteiger partial charge in [0.2, 0.25) is 16.9 Å². The number of thioether (sulfide) groups is 1. The Balaban J connectivity index is 1.40. The molecule has 0 saturated carbocycles. The van der Waals surface area contributed by atoms with Crippen LogP contribution in [0, 0.1) is 6.92 Å². The summed E-state index contributed by atoms with van der Waals surface area (Å²) in [6, 6.07) is 15.8. The van der Waals surface area contributed by atoms with Crippen molar-refractivity contribution < 1.29 is 9.15 Å². The van der Waals surface area contributed by atoms with Crippen LogP contribution >= 0.6 is 11.8 Å². The Morgan fingerprint density at radius 3 is 2.54 bits per heavy atom. The van der Waals surface area contributed by atoms with Crippen LogP contribution in [0.5, 0.6) is 5.75 Å². The number of rotatable bonds is 7. The third kappa shape index (κ3) is 4.20. The second-order valence-corrected chi connectivity index (χ2v) is 7.07. The number of hydrogen-bond donors (Lipinski definition) is 0. The summed E-state index contributed by atoms with van der Waals surface area (Å²) < 4.78 is 12.7. The van der Waals surface area contributed by atoms with Crippen molar-refractivity contribution in [2.45, 2.75) is 24.4 Å². The summed E-state index contributed by atoms with van der Waals surface area (Å²) in [4.78, 5) is 0. The molecule has 0 spiro atoms. The fraction of sp³-hybridized carbons (Fsp3) is 0.211. The first-order valence-corrected chi connectivity index (χ1v) is 9.61. The maximum absolute atomic E-state index is 5.76. The van der Waals surface area contributed by atoms with Crippen LogP contribution in [0.2, 0.25) is 0 Å². The molecular weight excluding hydrogens is 376 g/mol. The van der Waals surface area contributed by atoms with Gasteiger partial charge in [-0.2, -0.15) is 0 Å². The third-order valence-electron chi connectivity index (χ3n) is 4.08. The summed E-state index contributed by atoms with van der Waals surface area (Å²) in [6.07, 6.45) is 0. The van der Waals surface area contributed by atoms with E-state index in [0.29, 0.717) is 29.2 Å². The average molecular weight is 394 g/mol. The van der Waals surface area contributed by atoms with Gasteiger partial charge < -0.3 is 9.15 Å². The summed E-state index contributed by atoms with van der Waals surface area (Å²) in [5.41, 5.74) is 3.16. The van der Waals surface area contributed by atoms with Crippen molar-refractivity contribution in [3.63, 3.8) is 0 Å². The van der Waals surface area contributed by atoms with Gasteiger partial charge in [0.05, 0.1) is 19.4 Å². The van der Waals surface area contributed by atoms with Gasteiger partial charge >= 0.3 is 0 Å². The van der Waals surface area contributed by atoms with Crippen molar-refractivity contribution in [2.24, 2.45) is 0 Å². The van der Waals surface area contributed by atoms with Crippen LogP contribution < -0.4 is 4.74 Å². The van der Waals surface area contributed by atoms with Crippen molar-refractivity contribution in [2.75, 3.05) is 7.11 Å². The smallest absolute Gasteiger partial charge is 0.247 e. The Labute approximate surface area is 165 Å². The molecule has 4 aromatic rings. The fourth-order valence-electron chi connectivity index (χ4n) is 2.55. The average Bonchev–Trinajstić information content (AvgIpc) is 3.37. The first-order valence-electron chi connectivity index (χ1n) is 8.62. The number of ether oxygens (including phenoxy) is 1. The molecule has 0 atom stereocenters. The second kappa shape index (κ2) is 8.22.